The summed E-state index contributed by atoms with van der Waals surface area (Å²) in [6.07, 6.45) is 0.532. The van der Waals surface area contributed by atoms with Crippen LogP contribution in [-0.4, -0.2) is 37.9 Å². The number of aliphatic carboxylic acids is 1. The molecule has 1 aromatic carbocycles. The van der Waals surface area contributed by atoms with Crippen LogP contribution in [0, 0.1) is 0 Å². The van der Waals surface area contributed by atoms with Crippen molar-refractivity contribution in [3.63, 3.8) is 0 Å². The molecule has 2 aromatic rings. The summed E-state index contributed by atoms with van der Waals surface area (Å²) in [5, 5.41) is 20.1. The second kappa shape index (κ2) is 6.69. The minimum atomic E-state index is -0.838. The molecule has 1 aromatic heterocycles. The van der Waals surface area contributed by atoms with Gasteiger partial charge in [-0.25, -0.2) is 4.68 Å². The van der Waals surface area contributed by atoms with Crippen LogP contribution in [0.2, 0.25) is 0 Å². The van der Waals surface area contributed by atoms with E-state index >= 15 is 0 Å². The number of aryl methyl sites for hydroxylation is 1. The zero-order chi connectivity index (χ0) is 15.2. The van der Waals surface area contributed by atoms with E-state index < -0.39 is 5.97 Å². The van der Waals surface area contributed by atoms with Crippen molar-refractivity contribution in [2.75, 3.05) is 12.3 Å². The van der Waals surface area contributed by atoms with Crippen molar-refractivity contribution in [1.29, 1.82) is 0 Å². The Labute approximate surface area is 121 Å². The zero-order valence-corrected chi connectivity index (χ0v) is 11.7. The molecule has 8 heteroatoms. The molecule has 0 aliphatic rings. The zero-order valence-electron chi connectivity index (χ0n) is 11.7. The van der Waals surface area contributed by atoms with Crippen molar-refractivity contribution in [2.24, 2.45) is 0 Å². The molecule has 0 fully saturated rings. The maximum atomic E-state index is 10.5. The molecule has 21 heavy (non-hydrogen) atoms. The SMILES string of the molecule is CCOc1ccc(-c2nnnn2CCCC(=O)O)cc1N. The van der Waals surface area contributed by atoms with Crippen molar-refractivity contribution in [3.8, 4) is 17.1 Å². The van der Waals surface area contributed by atoms with Crippen LogP contribution in [0.3, 0.4) is 0 Å². The number of carbonyl (C=O) groups is 1. The molecule has 0 aliphatic heterocycles. The van der Waals surface area contributed by atoms with Gasteiger partial charge < -0.3 is 15.6 Å². The van der Waals surface area contributed by atoms with Gasteiger partial charge in [-0.05, 0) is 42.0 Å². The summed E-state index contributed by atoms with van der Waals surface area (Å²) in [6, 6.07) is 5.33. The number of tetrazole rings is 1. The van der Waals surface area contributed by atoms with Crippen molar-refractivity contribution in [3.05, 3.63) is 18.2 Å². The number of hydrogen-bond acceptors (Lipinski definition) is 6. The second-order valence-corrected chi connectivity index (χ2v) is 4.41. The summed E-state index contributed by atoms with van der Waals surface area (Å²) in [4.78, 5) is 10.5. The number of aromatic nitrogens is 4. The van der Waals surface area contributed by atoms with Crippen LogP contribution in [0.1, 0.15) is 19.8 Å². The van der Waals surface area contributed by atoms with Gasteiger partial charge in [0.1, 0.15) is 5.75 Å². The number of carboxylic acids is 1. The molecule has 0 atom stereocenters. The first kappa shape index (κ1) is 14.8. The molecule has 1 heterocycles. The number of nitrogens with two attached hydrogens (primary N) is 1. The monoisotopic (exact) mass is 291 g/mol. The standard InChI is InChI=1S/C13H17N5O3/c1-2-21-11-6-5-9(8-10(11)14)13-15-16-17-18(13)7-3-4-12(19)20/h5-6,8H,2-4,7,14H2,1H3,(H,19,20). The third kappa shape index (κ3) is 3.68. The number of nitrogen functional groups attached to an aromatic ring is 1. The summed E-state index contributed by atoms with van der Waals surface area (Å²) < 4.78 is 6.95. The Morgan fingerprint density at radius 3 is 2.95 bits per heavy atom. The number of carboxylic acid groups (broad SMARTS) is 1. The van der Waals surface area contributed by atoms with Crippen molar-refractivity contribution < 1.29 is 14.6 Å². The van der Waals surface area contributed by atoms with Crippen LogP contribution in [0.4, 0.5) is 5.69 Å². The number of rotatable bonds is 7. The average molecular weight is 291 g/mol. The lowest BCUT2D eigenvalue weighted by Crippen LogP contribution is -2.06. The van der Waals surface area contributed by atoms with Gasteiger partial charge in [-0.2, -0.15) is 0 Å². The Hall–Kier alpha value is -2.64. The van der Waals surface area contributed by atoms with Crippen molar-refractivity contribution in [2.45, 2.75) is 26.3 Å². The van der Waals surface area contributed by atoms with Crippen molar-refractivity contribution >= 4 is 11.7 Å². The Bertz CT molecular complexity index is 626. The van der Waals surface area contributed by atoms with Crippen LogP contribution in [0.5, 0.6) is 5.75 Å². The molecular formula is C13H17N5O3. The molecule has 8 nitrogen and oxygen atoms in total. The van der Waals surface area contributed by atoms with E-state index in [-0.39, 0.29) is 6.42 Å². The summed E-state index contributed by atoms with van der Waals surface area (Å²) in [5.74, 6) is 0.330. The first-order valence-electron chi connectivity index (χ1n) is 6.62. The van der Waals surface area contributed by atoms with E-state index in [2.05, 4.69) is 15.5 Å². The first-order valence-corrected chi connectivity index (χ1v) is 6.62. The molecule has 0 radical (unpaired) electrons. The van der Waals surface area contributed by atoms with E-state index in [9.17, 15) is 4.79 Å². The van der Waals surface area contributed by atoms with Crippen molar-refractivity contribution in [1.82, 2.24) is 20.2 Å². The second-order valence-electron chi connectivity index (χ2n) is 4.41. The molecule has 0 amide bonds. The summed E-state index contributed by atoms with van der Waals surface area (Å²) in [6.45, 7) is 2.86. The number of ether oxygens (including phenoxy) is 1. The largest absolute Gasteiger partial charge is 0.492 e. The Morgan fingerprint density at radius 1 is 1.48 bits per heavy atom. The molecule has 0 saturated heterocycles. The highest BCUT2D eigenvalue weighted by Crippen LogP contribution is 2.27. The average Bonchev–Trinajstić information content (AvgIpc) is 2.89. The lowest BCUT2D eigenvalue weighted by atomic mass is 10.1. The van der Waals surface area contributed by atoms with Gasteiger partial charge in [0.05, 0.1) is 12.3 Å². The smallest absolute Gasteiger partial charge is 0.303 e. The topological polar surface area (TPSA) is 116 Å². The van der Waals surface area contributed by atoms with Crippen LogP contribution in [-0.2, 0) is 11.3 Å². The number of benzene rings is 1. The fourth-order valence-corrected chi connectivity index (χ4v) is 1.92. The van der Waals surface area contributed by atoms with Crippen LogP contribution >= 0.6 is 0 Å². The van der Waals surface area contributed by atoms with Crippen LogP contribution in [0.15, 0.2) is 18.2 Å². The normalized spacial score (nSPS) is 10.5. The lowest BCUT2D eigenvalue weighted by molar-refractivity contribution is -0.137. The maximum Gasteiger partial charge on any atom is 0.303 e. The minimum Gasteiger partial charge on any atom is -0.492 e. The number of hydrogen-bond donors (Lipinski definition) is 2. The fourth-order valence-electron chi connectivity index (χ4n) is 1.92. The summed E-state index contributed by atoms with van der Waals surface area (Å²) in [5.41, 5.74) is 7.19. The summed E-state index contributed by atoms with van der Waals surface area (Å²) >= 11 is 0. The maximum absolute atomic E-state index is 10.5. The third-order valence-corrected chi connectivity index (χ3v) is 2.86. The molecule has 3 N–H and O–H groups in total. The van der Waals surface area contributed by atoms with Gasteiger partial charge in [0, 0.05) is 18.5 Å². The Balaban J connectivity index is 2.17. The quantitative estimate of drug-likeness (QED) is 0.736. The highest BCUT2D eigenvalue weighted by molar-refractivity contribution is 5.67. The number of nitrogens with zero attached hydrogens (tertiary/aromatic N) is 4. The Kier molecular flexibility index (Phi) is 4.70. The number of anilines is 1. The van der Waals surface area contributed by atoms with Gasteiger partial charge in [-0.3, -0.25) is 4.79 Å². The van der Waals surface area contributed by atoms with Gasteiger partial charge in [0.2, 0.25) is 0 Å². The molecule has 0 spiro atoms. The molecule has 0 aliphatic carbocycles. The first-order chi connectivity index (χ1) is 10.1. The molecule has 0 saturated carbocycles. The molecular weight excluding hydrogens is 274 g/mol. The van der Waals surface area contributed by atoms with E-state index in [1.165, 1.54) is 0 Å². The Morgan fingerprint density at radius 2 is 2.29 bits per heavy atom. The van der Waals surface area contributed by atoms with E-state index in [0.29, 0.717) is 36.8 Å². The van der Waals surface area contributed by atoms with Gasteiger partial charge >= 0.3 is 5.97 Å². The highest BCUT2D eigenvalue weighted by Gasteiger charge is 2.11. The predicted octanol–water partition coefficient (Wildman–Crippen LogP) is 1.19. The molecule has 0 unspecified atom stereocenters. The van der Waals surface area contributed by atoms with Gasteiger partial charge in [-0.1, -0.05) is 0 Å². The van der Waals surface area contributed by atoms with E-state index in [0.717, 1.165) is 5.56 Å². The van der Waals surface area contributed by atoms with E-state index in [1.807, 2.05) is 13.0 Å². The fraction of sp³-hybridized carbons (Fsp3) is 0.385. The third-order valence-electron chi connectivity index (χ3n) is 2.86. The van der Waals surface area contributed by atoms with E-state index in [4.69, 9.17) is 15.6 Å². The lowest BCUT2D eigenvalue weighted by Gasteiger charge is -2.09. The predicted molar refractivity (Wildman–Crippen MR) is 75.7 cm³/mol. The minimum absolute atomic E-state index is 0.0741. The molecule has 2 rings (SSSR count). The molecule has 0 bridgehead atoms. The highest BCUT2D eigenvalue weighted by atomic mass is 16.5. The van der Waals surface area contributed by atoms with Crippen LogP contribution < -0.4 is 10.5 Å². The summed E-state index contributed by atoms with van der Waals surface area (Å²) in [7, 11) is 0. The van der Waals surface area contributed by atoms with Crippen LogP contribution in [0.25, 0.3) is 11.4 Å². The van der Waals surface area contributed by atoms with Gasteiger partial charge in [0.15, 0.2) is 5.82 Å². The molecule has 112 valence electrons. The van der Waals surface area contributed by atoms with E-state index in [1.54, 1.807) is 16.8 Å². The van der Waals surface area contributed by atoms with Gasteiger partial charge in [-0.15, -0.1) is 5.10 Å². The van der Waals surface area contributed by atoms with Gasteiger partial charge in [0.25, 0.3) is 0 Å².